The van der Waals surface area contributed by atoms with Crippen molar-refractivity contribution >= 4 is 11.8 Å². The van der Waals surface area contributed by atoms with Crippen molar-refractivity contribution in [3.05, 3.63) is 48.5 Å². The molecule has 1 aliphatic rings. The molecular formula is C23H28N2O6. The molecule has 1 atom stereocenters. The minimum Gasteiger partial charge on any atom is -0.508 e. The van der Waals surface area contributed by atoms with Gasteiger partial charge in [-0.25, -0.2) is 0 Å². The van der Waals surface area contributed by atoms with Gasteiger partial charge in [0.1, 0.15) is 11.5 Å². The Hall–Kier alpha value is -3.42. The minimum atomic E-state index is -0.666. The largest absolute Gasteiger partial charge is 0.508 e. The van der Waals surface area contributed by atoms with E-state index in [1.807, 2.05) is 12.1 Å². The highest BCUT2D eigenvalue weighted by atomic mass is 16.5. The molecule has 2 amide bonds. The Balaban J connectivity index is 1.50. The summed E-state index contributed by atoms with van der Waals surface area (Å²) >= 11 is 0. The summed E-state index contributed by atoms with van der Waals surface area (Å²) in [6.07, 6.45) is 0.0126. The summed E-state index contributed by atoms with van der Waals surface area (Å²) in [6.45, 7) is 3.59. The molecule has 166 valence electrons. The third-order valence-electron chi connectivity index (χ3n) is 5.08. The Morgan fingerprint density at radius 1 is 0.968 bits per heavy atom. The first-order chi connectivity index (χ1) is 15.0. The molecule has 0 bridgehead atoms. The Labute approximate surface area is 181 Å². The monoisotopic (exact) mass is 428 g/mol. The number of hydrogen-bond acceptors (Lipinski definition) is 6. The second-order valence-electron chi connectivity index (χ2n) is 7.25. The van der Waals surface area contributed by atoms with Gasteiger partial charge in [0.15, 0.2) is 24.2 Å². The van der Waals surface area contributed by atoms with E-state index in [2.05, 4.69) is 0 Å². The number of methoxy groups -OCH3 is 1. The zero-order chi connectivity index (χ0) is 22.2. The van der Waals surface area contributed by atoms with Gasteiger partial charge in [-0.3, -0.25) is 9.59 Å². The molecule has 1 aliphatic heterocycles. The molecule has 2 aromatic carbocycles. The highest BCUT2D eigenvalue weighted by Crippen LogP contribution is 2.25. The van der Waals surface area contributed by atoms with E-state index in [1.54, 1.807) is 48.1 Å². The van der Waals surface area contributed by atoms with Crippen LogP contribution in [0.15, 0.2) is 48.5 Å². The van der Waals surface area contributed by atoms with Crippen LogP contribution in [0.25, 0.3) is 0 Å². The molecule has 0 aromatic heterocycles. The maximum absolute atomic E-state index is 12.8. The highest BCUT2D eigenvalue weighted by Gasteiger charge is 2.26. The maximum atomic E-state index is 12.8. The average Bonchev–Trinajstić information content (AvgIpc) is 3.05. The number of benzene rings is 2. The number of aromatic hydroxyl groups is 1. The van der Waals surface area contributed by atoms with E-state index in [4.69, 9.17) is 14.2 Å². The van der Waals surface area contributed by atoms with E-state index in [-0.39, 0.29) is 24.2 Å². The standard InChI is InChI=1S/C23H28N2O6/c1-17(31-19-10-8-18(26)9-11-19)23(28)25-13-5-12-24(14-15-25)22(27)16-30-21-7-4-3-6-20(21)29-2/h3-4,6-11,17,26H,5,12-16H2,1-2H3. The Kier molecular flexibility index (Phi) is 7.59. The van der Waals surface area contributed by atoms with Crippen LogP contribution in [0.1, 0.15) is 13.3 Å². The fourth-order valence-corrected chi connectivity index (χ4v) is 3.39. The SMILES string of the molecule is COc1ccccc1OCC(=O)N1CCCN(C(=O)C(C)Oc2ccc(O)cc2)CC1. The summed E-state index contributed by atoms with van der Waals surface area (Å²) in [6, 6.07) is 13.4. The van der Waals surface area contributed by atoms with Crippen LogP contribution in [-0.4, -0.2) is 72.7 Å². The van der Waals surface area contributed by atoms with Gasteiger partial charge in [-0.2, -0.15) is 0 Å². The normalized spacial score (nSPS) is 15.0. The van der Waals surface area contributed by atoms with Gasteiger partial charge in [0.2, 0.25) is 0 Å². The maximum Gasteiger partial charge on any atom is 0.263 e. The topological polar surface area (TPSA) is 88.5 Å². The second-order valence-corrected chi connectivity index (χ2v) is 7.25. The van der Waals surface area contributed by atoms with Crippen molar-refractivity contribution in [3.8, 4) is 23.0 Å². The van der Waals surface area contributed by atoms with Crippen molar-refractivity contribution in [2.24, 2.45) is 0 Å². The molecule has 0 radical (unpaired) electrons. The molecule has 0 spiro atoms. The molecule has 31 heavy (non-hydrogen) atoms. The van der Waals surface area contributed by atoms with Crippen LogP contribution in [0.5, 0.6) is 23.0 Å². The molecule has 8 heteroatoms. The number of carbonyl (C=O) groups is 2. The number of amides is 2. The number of para-hydroxylation sites is 2. The predicted octanol–water partition coefficient (Wildman–Crippen LogP) is 2.31. The van der Waals surface area contributed by atoms with E-state index in [9.17, 15) is 14.7 Å². The van der Waals surface area contributed by atoms with Crippen LogP contribution in [0.2, 0.25) is 0 Å². The van der Waals surface area contributed by atoms with Gasteiger partial charge < -0.3 is 29.1 Å². The van der Waals surface area contributed by atoms with Gasteiger partial charge >= 0.3 is 0 Å². The van der Waals surface area contributed by atoms with Crippen molar-refractivity contribution < 1.29 is 28.9 Å². The first-order valence-electron chi connectivity index (χ1n) is 10.3. The molecule has 2 aromatic rings. The Morgan fingerprint density at radius 3 is 2.32 bits per heavy atom. The molecule has 1 fully saturated rings. The fraction of sp³-hybridized carbons (Fsp3) is 0.391. The molecular weight excluding hydrogens is 400 g/mol. The molecule has 1 unspecified atom stereocenters. The Morgan fingerprint density at radius 2 is 1.61 bits per heavy atom. The van der Waals surface area contributed by atoms with E-state index >= 15 is 0 Å². The number of nitrogens with zero attached hydrogens (tertiary/aromatic N) is 2. The summed E-state index contributed by atoms with van der Waals surface area (Å²) in [5, 5.41) is 9.36. The number of rotatable bonds is 7. The van der Waals surface area contributed by atoms with Crippen LogP contribution in [0, 0.1) is 0 Å². The fourth-order valence-electron chi connectivity index (χ4n) is 3.39. The number of phenols is 1. The highest BCUT2D eigenvalue weighted by molar-refractivity contribution is 5.81. The zero-order valence-corrected chi connectivity index (χ0v) is 17.8. The predicted molar refractivity (Wildman–Crippen MR) is 114 cm³/mol. The lowest BCUT2D eigenvalue weighted by molar-refractivity contribution is -0.138. The third kappa shape index (κ3) is 6.04. The van der Waals surface area contributed by atoms with Gasteiger partial charge in [0.05, 0.1) is 7.11 Å². The van der Waals surface area contributed by atoms with Crippen molar-refractivity contribution in [2.75, 3.05) is 39.9 Å². The van der Waals surface area contributed by atoms with E-state index in [0.29, 0.717) is 49.8 Å². The van der Waals surface area contributed by atoms with Crippen LogP contribution in [-0.2, 0) is 9.59 Å². The van der Waals surface area contributed by atoms with E-state index < -0.39 is 6.10 Å². The summed E-state index contributed by atoms with van der Waals surface area (Å²) in [5.74, 6) is 1.48. The molecule has 0 aliphatic carbocycles. The first-order valence-corrected chi connectivity index (χ1v) is 10.3. The van der Waals surface area contributed by atoms with Crippen LogP contribution >= 0.6 is 0 Å². The summed E-state index contributed by atoms with van der Waals surface area (Å²) in [4.78, 5) is 28.8. The molecule has 1 saturated heterocycles. The van der Waals surface area contributed by atoms with Crippen molar-refractivity contribution in [3.63, 3.8) is 0 Å². The quantitative estimate of drug-likeness (QED) is 0.728. The summed E-state index contributed by atoms with van der Waals surface area (Å²) in [7, 11) is 1.55. The first kappa shape index (κ1) is 22.3. The number of ether oxygens (including phenoxy) is 3. The summed E-state index contributed by atoms with van der Waals surface area (Å²) in [5.41, 5.74) is 0. The number of hydrogen-bond donors (Lipinski definition) is 1. The lowest BCUT2D eigenvalue weighted by Gasteiger charge is -2.25. The Bertz CT molecular complexity index is 886. The molecule has 8 nitrogen and oxygen atoms in total. The lowest BCUT2D eigenvalue weighted by atomic mass is 10.3. The molecule has 3 rings (SSSR count). The molecule has 0 saturated carbocycles. The van der Waals surface area contributed by atoms with E-state index in [1.165, 1.54) is 12.1 Å². The van der Waals surface area contributed by atoms with Crippen molar-refractivity contribution in [1.29, 1.82) is 0 Å². The number of phenolic OH excluding ortho intramolecular Hbond substituents is 1. The van der Waals surface area contributed by atoms with Crippen LogP contribution in [0.3, 0.4) is 0 Å². The van der Waals surface area contributed by atoms with Gasteiger partial charge in [-0.15, -0.1) is 0 Å². The number of carbonyl (C=O) groups excluding carboxylic acids is 2. The summed E-state index contributed by atoms with van der Waals surface area (Å²) < 4.78 is 16.6. The minimum absolute atomic E-state index is 0.0886. The second kappa shape index (κ2) is 10.6. The molecule has 1 heterocycles. The van der Waals surface area contributed by atoms with Gasteiger partial charge in [-0.1, -0.05) is 12.1 Å². The molecule has 1 N–H and O–H groups in total. The van der Waals surface area contributed by atoms with Crippen LogP contribution < -0.4 is 14.2 Å². The average molecular weight is 428 g/mol. The van der Waals surface area contributed by atoms with Gasteiger partial charge in [-0.05, 0) is 49.7 Å². The third-order valence-corrected chi connectivity index (χ3v) is 5.08. The van der Waals surface area contributed by atoms with Crippen molar-refractivity contribution in [1.82, 2.24) is 9.80 Å². The zero-order valence-electron chi connectivity index (χ0n) is 17.8. The smallest absolute Gasteiger partial charge is 0.263 e. The van der Waals surface area contributed by atoms with Crippen LogP contribution in [0.4, 0.5) is 0 Å². The van der Waals surface area contributed by atoms with E-state index in [0.717, 1.165) is 0 Å². The lowest BCUT2D eigenvalue weighted by Crippen LogP contribution is -2.43. The van der Waals surface area contributed by atoms with Gasteiger partial charge in [0.25, 0.3) is 11.8 Å². The van der Waals surface area contributed by atoms with Crippen molar-refractivity contribution in [2.45, 2.75) is 19.4 Å². The van der Waals surface area contributed by atoms with Gasteiger partial charge in [0, 0.05) is 26.2 Å².